The molecule has 1 aromatic carbocycles. The maximum absolute atomic E-state index is 12.7. The monoisotopic (exact) mass is 367 g/mol. The summed E-state index contributed by atoms with van der Waals surface area (Å²) >= 11 is 0. The predicted molar refractivity (Wildman–Crippen MR) is 93.7 cm³/mol. The lowest BCUT2D eigenvalue weighted by atomic mass is 9.88. The van der Waals surface area contributed by atoms with Crippen LogP contribution in [0.25, 0.3) is 0 Å². The van der Waals surface area contributed by atoms with Gasteiger partial charge in [-0.25, -0.2) is 13.2 Å². The first kappa shape index (κ1) is 18.2. The van der Waals surface area contributed by atoms with Crippen LogP contribution < -0.4 is 5.32 Å². The third-order valence-electron chi connectivity index (χ3n) is 4.96. The topological polar surface area (TPSA) is 79.0 Å². The first-order chi connectivity index (χ1) is 11.8. The Kier molecular flexibility index (Phi) is 5.04. The molecule has 0 saturated carbocycles. The van der Waals surface area contributed by atoms with Gasteiger partial charge in [-0.2, -0.15) is 4.31 Å². The van der Waals surface area contributed by atoms with Crippen LogP contribution in [0, 0.1) is 0 Å². The van der Waals surface area contributed by atoms with E-state index in [0.29, 0.717) is 37.4 Å². The molecule has 25 heavy (non-hydrogen) atoms. The lowest BCUT2D eigenvalue weighted by Gasteiger charge is -2.38. The highest BCUT2D eigenvalue weighted by molar-refractivity contribution is 7.89. The minimum atomic E-state index is -3.45. The van der Waals surface area contributed by atoms with Gasteiger partial charge >= 0.3 is 6.03 Å². The van der Waals surface area contributed by atoms with Crippen molar-refractivity contribution in [2.45, 2.75) is 35.8 Å². The lowest BCUT2D eigenvalue weighted by Crippen LogP contribution is -2.47. The summed E-state index contributed by atoms with van der Waals surface area (Å²) in [6, 6.07) is 8.37. The van der Waals surface area contributed by atoms with Crippen molar-refractivity contribution in [2.24, 2.45) is 0 Å². The van der Waals surface area contributed by atoms with Gasteiger partial charge in [-0.1, -0.05) is 18.2 Å². The van der Waals surface area contributed by atoms with Gasteiger partial charge < -0.3 is 15.0 Å². The molecule has 2 amide bonds. The molecule has 0 aliphatic carbocycles. The Balaban J connectivity index is 1.60. The summed E-state index contributed by atoms with van der Waals surface area (Å²) in [5, 5.41) is 2.95. The van der Waals surface area contributed by atoms with Gasteiger partial charge in [0.05, 0.1) is 23.1 Å². The van der Waals surface area contributed by atoms with E-state index in [0.717, 1.165) is 6.42 Å². The first-order valence-corrected chi connectivity index (χ1v) is 9.93. The lowest BCUT2D eigenvalue weighted by molar-refractivity contribution is -0.0311. The number of benzene rings is 1. The van der Waals surface area contributed by atoms with E-state index in [1.54, 1.807) is 44.4 Å². The standard InChI is InChI=1S/C17H25N3O4S/c1-19(2)16(21)18-14-12-17(24-13-14)8-10-20(11-9-17)25(22,23)15-6-4-3-5-7-15/h3-7,14H,8-13H2,1-2H3,(H,18,21)/t14-/m1/s1. The molecule has 2 saturated heterocycles. The number of amides is 2. The smallest absolute Gasteiger partial charge is 0.317 e. The Labute approximate surface area is 149 Å². The van der Waals surface area contributed by atoms with Gasteiger partial charge in [-0.05, 0) is 31.4 Å². The highest BCUT2D eigenvalue weighted by Gasteiger charge is 2.45. The van der Waals surface area contributed by atoms with E-state index in [-0.39, 0.29) is 17.7 Å². The van der Waals surface area contributed by atoms with Crippen LogP contribution in [0.3, 0.4) is 0 Å². The second-order valence-electron chi connectivity index (χ2n) is 6.96. The molecule has 138 valence electrons. The number of piperidine rings is 1. The van der Waals surface area contributed by atoms with Crippen molar-refractivity contribution in [3.05, 3.63) is 30.3 Å². The van der Waals surface area contributed by atoms with Crippen LogP contribution in [0.15, 0.2) is 35.2 Å². The molecule has 0 aromatic heterocycles. The summed E-state index contributed by atoms with van der Waals surface area (Å²) in [7, 11) is -0.0462. The fourth-order valence-corrected chi connectivity index (χ4v) is 4.93. The average Bonchev–Trinajstić information content (AvgIpc) is 2.98. The van der Waals surface area contributed by atoms with Crippen LogP contribution in [-0.4, -0.2) is 69.1 Å². The van der Waals surface area contributed by atoms with Gasteiger partial charge in [0.1, 0.15) is 0 Å². The van der Waals surface area contributed by atoms with Crippen molar-refractivity contribution in [3.63, 3.8) is 0 Å². The quantitative estimate of drug-likeness (QED) is 0.873. The summed E-state index contributed by atoms with van der Waals surface area (Å²) in [4.78, 5) is 13.6. The fraction of sp³-hybridized carbons (Fsp3) is 0.588. The van der Waals surface area contributed by atoms with Gasteiger partial charge in [0.2, 0.25) is 10.0 Å². The zero-order valence-corrected chi connectivity index (χ0v) is 15.5. The Morgan fingerprint density at radius 2 is 1.88 bits per heavy atom. The largest absolute Gasteiger partial charge is 0.373 e. The van der Waals surface area contributed by atoms with Crippen LogP contribution in [0.4, 0.5) is 4.79 Å². The van der Waals surface area contributed by atoms with Crippen molar-refractivity contribution in [1.29, 1.82) is 0 Å². The first-order valence-electron chi connectivity index (χ1n) is 8.49. The van der Waals surface area contributed by atoms with Crippen molar-refractivity contribution < 1.29 is 17.9 Å². The number of ether oxygens (including phenoxy) is 1. The number of nitrogens with one attached hydrogen (secondary N) is 1. The Hall–Kier alpha value is -1.64. The van der Waals surface area contributed by atoms with E-state index < -0.39 is 10.0 Å². The molecule has 0 unspecified atom stereocenters. The molecule has 0 bridgehead atoms. The zero-order valence-electron chi connectivity index (χ0n) is 14.6. The van der Waals surface area contributed by atoms with Gasteiger partial charge in [-0.3, -0.25) is 0 Å². The molecule has 2 aliphatic rings. The zero-order chi connectivity index (χ0) is 18.1. The fourth-order valence-electron chi connectivity index (χ4n) is 3.46. The van der Waals surface area contributed by atoms with Crippen LogP contribution in [0.5, 0.6) is 0 Å². The average molecular weight is 367 g/mol. The van der Waals surface area contributed by atoms with Crippen molar-refractivity contribution in [1.82, 2.24) is 14.5 Å². The maximum Gasteiger partial charge on any atom is 0.317 e. The molecule has 0 radical (unpaired) electrons. The normalized spacial score (nSPS) is 23.5. The second kappa shape index (κ2) is 6.93. The van der Waals surface area contributed by atoms with Gasteiger partial charge in [0, 0.05) is 27.2 Å². The van der Waals surface area contributed by atoms with Crippen LogP contribution in [-0.2, 0) is 14.8 Å². The summed E-state index contributed by atoms with van der Waals surface area (Å²) in [5.41, 5.74) is -0.326. The summed E-state index contributed by atoms with van der Waals surface area (Å²) in [5.74, 6) is 0. The third-order valence-corrected chi connectivity index (χ3v) is 6.87. The third kappa shape index (κ3) is 3.80. The second-order valence-corrected chi connectivity index (χ2v) is 8.89. The van der Waals surface area contributed by atoms with E-state index in [1.165, 1.54) is 9.21 Å². The molecule has 1 aromatic rings. The Bertz CT molecular complexity index is 713. The van der Waals surface area contributed by atoms with E-state index in [9.17, 15) is 13.2 Å². The number of sulfonamides is 1. The highest BCUT2D eigenvalue weighted by Crippen LogP contribution is 2.37. The minimum absolute atomic E-state index is 0.0211. The summed E-state index contributed by atoms with van der Waals surface area (Å²) < 4.78 is 32.9. The molecule has 1 spiro atoms. The Morgan fingerprint density at radius 3 is 2.48 bits per heavy atom. The number of carbonyl (C=O) groups is 1. The van der Waals surface area contributed by atoms with E-state index in [4.69, 9.17) is 4.74 Å². The molecule has 2 aliphatic heterocycles. The van der Waals surface area contributed by atoms with Gasteiger partial charge in [-0.15, -0.1) is 0 Å². The van der Waals surface area contributed by atoms with E-state index in [2.05, 4.69) is 5.32 Å². The number of nitrogens with zero attached hydrogens (tertiary/aromatic N) is 2. The number of carbonyl (C=O) groups excluding carboxylic acids is 1. The SMILES string of the molecule is CN(C)C(=O)N[C@H]1COC2(CCN(S(=O)(=O)c3ccccc3)CC2)C1. The highest BCUT2D eigenvalue weighted by atomic mass is 32.2. The molecule has 1 N–H and O–H groups in total. The minimum Gasteiger partial charge on any atom is -0.373 e. The number of urea groups is 1. The molecular weight excluding hydrogens is 342 g/mol. The Morgan fingerprint density at radius 1 is 1.24 bits per heavy atom. The van der Waals surface area contributed by atoms with Crippen LogP contribution in [0.2, 0.25) is 0 Å². The van der Waals surface area contributed by atoms with Gasteiger partial charge in [0.25, 0.3) is 0 Å². The predicted octanol–water partition coefficient (Wildman–Crippen LogP) is 1.27. The molecule has 8 heteroatoms. The molecule has 2 heterocycles. The van der Waals surface area contributed by atoms with Crippen molar-refractivity contribution in [3.8, 4) is 0 Å². The summed E-state index contributed by atoms with van der Waals surface area (Å²) in [6.07, 6.45) is 2.02. The van der Waals surface area contributed by atoms with Crippen molar-refractivity contribution >= 4 is 16.1 Å². The number of hydrogen-bond donors (Lipinski definition) is 1. The molecule has 3 rings (SSSR count). The van der Waals surface area contributed by atoms with Crippen LogP contribution in [0.1, 0.15) is 19.3 Å². The molecule has 7 nitrogen and oxygen atoms in total. The van der Waals surface area contributed by atoms with E-state index >= 15 is 0 Å². The summed E-state index contributed by atoms with van der Waals surface area (Å²) in [6.45, 7) is 1.35. The number of rotatable bonds is 3. The van der Waals surface area contributed by atoms with Gasteiger partial charge in [0.15, 0.2) is 0 Å². The van der Waals surface area contributed by atoms with Crippen molar-refractivity contribution in [2.75, 3.05) is 33.8 Å². The number of hydrogen-bond acceptors (Lipinski definition) is 4. The maximum atomic E-state index is 12.7. The molecule has 2 fully saturated rings. The van der Waals surface area contributed by atoms with E-state index in [1.807, 2.05) is 0 Å². The molecule has 1 atom stereocenters. The van der Waals surface area contributed by atoms with Crippen LogP contribution >= 0.6 is 0 Å². The molecular formula is C17H25N3O4S.